The van der Waals surface area contributed by atoms with Gasteiger partial charge in [-0.3, -0.25) is 4.98 Å². The molecule has 3 nitrogen and oxygen atoms in total. The number of hydrogen-bond acceptors (Lipinski definition) is 1. The summed E-state index contributed by atoms with van der Waals surface area (Å²) >= 11 is 0. The van der Waals surface area contributed by atoms with E-state index in [1.165, 1.54) is 99.3 Å². The summed E-state index contributed by atoms with van der Waals surface area (Å²) in [5.74, 6) is 0. The number of nitrogens with zero attached hydrogens (tertiary/aromatic N) is 3. The van der Waals surface area contributed by atoms with Crippen LogP contribution in [0.15, 0.2) is 188 Å². The first-order valence-electron chi connectivity index (χ1n) is 18.5. The van der Waals surface area contributed by atoms with Gasteiger partial charge in [0.05, 0.1) is 27.6 Å². The van der Waals surface area contributed by atoms with Gasteiger partial charge in [0.25, 0.3) is 0 Å². The zero-order chi connectivity index (χ0) is 35.3. The predicted molar refractivity (Wildman–Crippen MR) is 226 cm³/mol. The fourth-order valence-corrected chi connectivity index (χ4v) is 9.13. The third-order valence-corrected chi connectivity index (χ3v) is 11.5. The molecule has 0 spiro atoms. The van der Waals surface area contributed by atoms with Crippen molar-refractivity contribution in [1.82, 2.24) is 14.1 Å². The number of hydrogen-bond donors (Lipinski definition) is 0. The Balaban J connectivity index is 0.992. The highest BCUT2D eigenvalue weighted by Gasteiger charge is 2.25. The van der Waals surface area contributed by atoms with Crippen LogP contribution >= 0.6 is 0 Å². The summed E-state index contributed by atoms with van der Waals surface area (Å²) in [5.41, 5.74) is 18.0. The quantitative estimate of drug-likeness (QED) is 0.181. The van der Waals surface area contributed by atoms with Crippen LogP contribution in [-0.2, 0) is 0 Å². The summed E-state index contributed by atoms with van der Waals surface area (Å²) in [6.07, 6.45) is 1.98. The Morgan fingerprint density at radius 2 is 0.796 bits per heavy atom. The second kappa shape index (κ2) is 11.1. The molecule has 0 bridgehead atoms. The van der Waals surface area contributed by atoms with Gasteiger partial charge in [-0.2, -0.15) is 0 Å². The first-order chi connectivity index (χ1) is 26.8. The van der Waals surface area contributed by atoms with Crippen LogP contribution < -0.4 is 0 Å². The van der Waals surface area contributed by atoms with Crippen LogP contribution in [0.2, 0.25) is 0 Å². The minimum Gasteiger partial charge on any atom is -0.309 e. The van der Waals surface area contributed by atoms with Crippen molar-refractivity contribution in [3.8, 4) is 55.9 Å². The zero-order valence-electron chi connectivity index (χ0n) is 29.2. The summed E-state index contributed by atoms with van der Waals surface area (Å²) in [5, 5.41) is 6.25. The second-order valence-electron chi connectivity index (χ2n) is 14.3. The molecule has 12 rings (SSSR count). The Morgan fingerprint density at radius 3 is 1.46 bits per heavy atom. The van der Waals surface area contributed by atoms with Crippen LogP contribution in [0.25, 0.3) is 110 Å². The lowest BCUT2D eigenvalue weighted by molar-refractivity contribution is 1.18. The molecule has 0 N–H and O–H groups in total. The number of pyridine rings is 1. The van der Waals surface area contributed by atoms with Gasteiger partial charge in [0.1, 0.15) is 0 Å². The van der Waals surface area contributed by atoms with Crippen LogP contribution in [0.4, 0.5) is 0 Å². The van der Waals surface area contributed by atoms with E-state index in [4.69, 9.17) is 4.98 Å². The van der Waals surface area contributed by atoms with Gasteiger partial charge in [-0.05, 0) is 112 Å². The Labute approximate surface area is 311 Å². The average molecular weight is 686 g/mol. The number of fused-ring (bicyclic) bond motifs is 9. The Morgan fingerprint density at radius 1 is 0.315 bits per heavy atom. The van der Waals surface area contributed by atoms with Crippen molar-refractivity contribution in [3.63, 3.8) is 0 Å². The molecule has 0 saturated heterocycles. The van der Waals surface area contributed by atoms with Crippen molar-refractivity contribution in [1.29, 1.82) is 0 Å². The number of aromatic nitrogens is 3. The third-order valence-electron chi connectivity index (χ3n) is 11.5. The van der Waals surface area contributed by atoms with Crippen molar-refractivity contribution in [2.24, 2.45) is 0 Å². The lowest BCUT2D eigenvalue weighted by atomic mass is 9.95. The molecule has 1 aliphatic carbocycles. The highest BCUT2D eigenvalue weighted by atomic mass is 15.0. The van der Waals surface area contributed by atoms with E-state index in [0.717, 1.165) is 11.1 Å². The van der Waals surface area contributed by atoms with Crippen molar-refractivity contribution in [3.05, 3.63) is 188 Å². The molecule has 0 atom stereocenters. The summed E-state index contributed by atoms with van der Waals surface area (Å²) in [4.78, 5) is 5.06. The van der Waals surface area contributed by atoms with Gasteiger partial charge in [0.2, 0.25) is 0 Å². The summed E-state index contributed by atoms with van der Waals surface area (Å²) in [6, 6.07) is 66.3. The largest absolute Gasteiger partial charge is 0.309 e. The fraction of sp³-hybridized carbons (Fsp3) is 0. The zero-order valence-corrected chi connectivity index (χ0v) is 29.2. The minimum atomic E-state index is 1.05. The van der Waals surface area contributed by atoms with Crippen LogP contribution in [0.5, 0.6) is 0 Å². The highest BCUT2D eigenvalue weighted by Crippen LogP contribution is 2.50. The monoisotopic (exact) mass is 685 g/mol. The molecule has 3 aromatic heterocycles. The van der Waals surface area contributed by atoms with Gasteiger partial charge in [-0.1, -0.05) is 109 Å². The molecule has 11 aromatic rings. The Kier molecular flexibility index (Phi) is 6.05. The van der Waals surface area contributed by atoms with E-state index in [0.29, 0.717) is 0 Å². The van der Waals surface area contributed by atoms with E-state index < -0.39 is 0 Å². The molecule has 8 aromatic carbocycles. The first-order valence-corrected chi connectivity index (χ1v) is 18.5. The van der Waals surface area contributed by atoms with Crippen LogP contribution in [0, 0.1) is 0 Å². The van der Waals surface area contributed by atoms with Crippen molar-refractivity contribution in [2.75, 3.05) is 0 Å². The van der Waals surface area contributed by atoms with Gasteiger partial charge in [-0.25, -0.2) is 0 Å². The molecule has 0 amide bonds. The number of benzene rings is 8. The first kappa shape index (κ1) is 29.4. The SMILES string of the molecule is c1ccc(-n2c3ccccc3c3cc(-c4ccc5c(c4)-c4ccc(-c6ccc7c(c6)c6ccccc6n7-c6ccccc6)c6nccc-5c46)ccc32)cc1. The number of para-hydroxylation sites is 4. The maximum Gasteiger partial charge on any atom is 0.0792 e. The predicted octanol–water partition coefficient (Wildman–Crippen LogP) is 13.4. The molecule has 54 heavy (non-hydrogen) atoms. The molecule has 0 radical (unpaired) electrons. The second-order valence-corrected chi connectivity index (χ2v) is 14.3. The molecule has 3 heteroatoms. The van der Waals surface area contributed by atoms with E-state index in [1.54, 1.807) is 0 Å². The Hall–Kier alpha value is -7.23. The minimum absolute atomic E-state index is 1.05. The fourth-order valence-electron chi connectivity index (χ4n) is 9.13. The van der Waals surface area contributed by atoms with Gasteiger partial charge >= 0.3 is 0 Å². The molecule has 250 valence electrons. The molecule has 3 heterocycles. The third kappa shape index (κ3) is 4.09. The van der Waals surface area contributed by atoms with Crippen molar-refractivity contribution in [2.45, 2.75) is 0 Å². The average Bonchev–Trinajstić information content (AvgIpc) is 3.87. The highest BCUT2D eigenvalue weighted by molar-refractivity contribution is 6.19. The molecule has 0 fully saturated rings. The van der Waals surface area contributed by atoms with E-state index >= 15 is 0 Å². The maximum absolute atomic E-state index is 5.06. The molecular weight excluding hydrogens is 655 g/mol. The van der Waals surface area contributed by atoms with Crippen LogP contribution in [0.3, 0.4) is 0 Å². The molecule has 0 aliphatic heterocycles. The molecule has 1 aliphatic rings. The van der Waals surface area contributed by atoms with E-state index in [-0.39, 0.29) is 0 Å². The number of rotatable bonds is 4. The smallest absolute Gasteiger partial charge is 0.0792 e. The topological polar surface area (TPSA) is 22.8 Å². The normalized spacial score (nSPS) is 12.1. The van der Waals surface area contributed by atoms with Crippen LogP contribution in [0.1, 0.15) is 0 Å². The standard InChI is InChI=1S/C51H31N3/c1-3-11-35(12-4-1)53-46-17-9-7-15-39(46)44-30-33(20-25-48(44)53)32-19-22-38-42-27-28-52-51-37(23-24-41(50(42)51)43(38)29-32)34-21-26-49-45(31-34)40-16-8-10-18-47(40)54(49)36-13-5-2-6-14-36/h1-31H. The van der Waals surface area contributed by atoms with Gasteiger partial charge in [0.15, 0.2) is 0 Å². The Bertz CT molecular complexity index is 3310. The lowest BCUT2D eigenvalue weighted by Crippen LogP contribution is -1.93. The summed E-state index contributed by atoms with van der Waals surface area (Å²) in [6.45, 7) is 0. The van der Waals surface area contributed by atoms with Crippen molar-refractivity contribution >= 4 is 54.5 Å². The summed E-state index contributed by atoms with van der Waals surface area (Å²) < 4.78 is 4.74. The lowest BCUT2D eigenvalue weighted by Gasteiger charge is -2.10. The molecule has 0 unspecified atom stereocenters. The van der Waals surface area contributed by atoms with E-state index in [2.05, 4.69) is 191 Å². The van der Waals surface area contributed by atoms with Gasteiger partial charge in [0, 0.05) is 50.1 Å². The van der Waals surface area contributed by atoms with Crippen LogP contribution in [-0.4, -0.2) is 14.1 Å². The van der Waals surface area contributed by atoms with Gasteiger partial charge in [-0.15, -0.1) is 0 Å². The molecular formula is C51H31N3. The van der Waals surface area contributed by atoms with E-state index in [9.17, 15) is 0 Å². The van der Waals surface area contributed by atoms with E-state index in [1.807, 2.05) is 6.20 Å². The maximum atomic E-state index is 5.06. The van der Waals surface area contributed by atoms with Crippen molar-refractivity contribution < 1.29 is 0 Å². The van der Waals surface area contributed by atoms with Gasteiger partial charge < -0.3 is 9.13 Å². The molecule has 0 saturated carbocycles. The summed E-state index contributed by atoms with van der Waals surface area (Å²) in [7, 11) is 0.